The van der Waals surface area contributed by atoms with Crippen molar-refractivity contribution in [1.29, 1.82) is 0 Å². The van der Waals surface area contributed by atoms with Crippen molar-refractivity contribution in [2.45, 2.75) is 0 Å². The van der Waals surface area contributed by atoms with E-state index in [2.05, 4.69) is 240 Å². The fourth-order valence-corrected chi connectivity index (χ4v) is 9.73. The van der Waals surface area contributed by atoms with E-state index in [4.69, 9.17) is 0 Å². The molecule has 0 atom stereocenters. The van der Waals surface area contributed by atoms with Gasteiger partial charge < -0.3 is 9.80 Å². The van der Waals surface area contributed by atoms with E-state index in [-0.39, 0.29) is 0 Å². The summed E-state index contributed by atoms with van der Waals surface area (Å²) < 4.78 is 0. The lowest BCUT2D eigenvalue weighted by Gasteiger charge is -2.31. The summed E-state index contributed by atoms with van der Waals surface area (Å²) in [6.07, 6.45) is 0. The third kappa shape index (κ3) is 5.35. The van der Waals surface area contributed by atoms with E-state index in [0.29, 0.717) is 0 Å². The number of anilines is 6. The normalized spacial score (nSPS) is 11.7. The topological polar surface area (TPSA) is 6.48 Å². The van der Waals surface area contributed by atoms with Gasteiger partial charge in [-0.2, -0.15) is 0 Å². The molecule has 0 spiro atoms. The minimum Gasteiger partial charge on any atom is -0.309 e. The molecular formula is C58H38N2. The largest absolute Gasteiger partial charge is 0.309 e. The Bertz CT molecular complexity index is 3490. The number of hydrogen-bond acceptors (Lipinski definition) is 2. The van der Waals surface area contributed by atoms with E-state index >= 15 is 0 Å². The Labute approximate surface area is 348 Å². The zero-order chi connectivity index (χ0) is 39.6. The molecule has 12 rings (SSSR count). The molecule has 0 fully saturated rings. The highest BCUT2D eigenvalue weighted by atomic mass is 15.2. The third-order valence-electron chi connectivity index (χ3n) is 12.3. The number of nitrogens with zero attached hydrogens (tertiary/aromatic N) is 2. The van der Waals surface area contributed by atoms with Crippen LogP contribution in [0.1, 0.15) is 0 Å². The summed E-state index contributed by atoms with van der Waals surface area (Å²) in [5, 5.41) is 17.1. The fraction of sp³-hybridized carbons (Fsp3) is 0. The van der Waals surface area contributed by atoms with Crippen LogP contribution >= 0.6 is 0 Å². The lowest BCUT2D eigenvalue weighted by molar-refractivity contribution is 1.31. The Hall–Kier alpha value is -7.94. The number of benzene rings is 12. The predicted octanol–water partition coefficient (Wildman–Crippen LogP) is 16.7. The predicted molar refractivity (Wildman–Crippen MR) is 258 cm³/mol. The van der Waals surface area contributed by atoms with Crippen LogP contribution in [0, 0.1) is 0 Å². The van der Waals surface area contributed by atoms with Gasteiger partial charge in [-0.25, -0.2) is 0 Å². The van der Waals surface area contributed by atoms with Gasteiger partial charge in [-0.1, -0.05) is 182 Å². The lowest BCUT2D eigenvalue weighted by atomic mass is 9.92. The van der Waals surface area contributed by atoms with Crippen molar-refractivity contribution in [1.82, 2.24) is 0 Å². The molecule has 0 saturated carbocycles. The van der Waals surface area contributed by atoms with Gasteiger partial charge in [0.15, 0.2) is 0 Å². The Morgan fingerprint density at radius 3 is 1.20 bits per heavy atom. The summed E-state index contributed by atoms with van der Waals surface area (Å²) in [7, 11) is 0. The first-order chi connectivity index (χ1) is 29.8. The summed E-state index contributed by atoms with van der Waals surface area (Å²) in [4.78, 5) is 4.97. The molecule has 0 heterocycles. The van der Waals surface area contributed by atoms with E-state index in [9.17, 15) is 0 Å². The maximum Gasteiger partial charge on any atom is 0.0546 e. The molecule has 2 heteroatoms. The molecule has 0 amide bonds. The van der Waals surface area contributed by atoms with Crippen LogP contribution in [-0.2, 0) is 0 Å². The average molecular weight is 763 g/mol. The van der Waals surface area contributed by atoms with Gasteiger partial charge in [0.2, 0.25) is 0 Å². The average Bonchev–Trinajstić information content (AvgIpc) is 3.32. The van der Waals surface area contributed by atoms with Crippen LogP contribution in [0.3, 0.4) is 0 Å². The summed E-state index contributed by atoms with van der Waals surface area (Å²) >= 11 is 0. The minimum atomic E-state index is 1.11. The Morgan fingerprint density at radius 2 is 0.600 bits per heavy atom. The zero-order valence-corrected chi connectivity index (χ0v) is 32.8. The first-order valence-corrected chi connectivity index (χ1v) is 20.7. The van der Waals surface area contributed by atoms with E-state index in [1.54, 1.807) is 0 Å². The number of para-hydroxylation sites is 2. The quantitative estimate of drug-likeness (QED) is 0.156. The Balaban J connectivity index is 1.21. The molecule has 2 nitrogen and oxygen atoms in total. The van der Waals surface area contributed by atoms with Gasteiger partial charge in [-0.3, -0.25) is 0 Å². The molecule has 0 aliphatic heterocycles. The maximum absolute atomic E-state index is 2.48. The number of fused-ring (bicyclic) bond motifs is 11. The molecule has 60 heavy (non-hydrogen) atoms. The monoisotopic (exact) mass is 762 g/mol. The molecule has 0 aliphatic carbocycles. The van der Waals surface area contributed by atoms with Crippen molar-refractivity contribution in [3.05, 3.63) is 231 Å². The highest BCUT2D eigenvalue weighted by Crippen LogP contribution is 2.50. The van der Waals surface area contributed by atoms with E-state index < -0.39 is 0 Å². The number of hydrogen-bond donors (Lipinski definition) is 0. The zero-order valence-electron chi connectivity index (χ0n) is 32.8. The van der Waals surface area contributed by atoms with Crippen molar-refractivity contribution in [2.75, 3.05) is 9.80 Å². The number of rotatable bonds is 6. The first-order valence-electron chi connectivity index (χ1n) is 20.7. The standard InChI is InChI=1S/C58H38N2/c1-3-21-43(22-4-1)59(53-33-17-20-40-35-34-39-18-7-10-26-46(39)58(40)53)55-37-42-38-56(50-30-14-16-32-52(50)57(42)51-31-15-13-29-49(51)55)60(44-23-5-2-6-24-44)54-36-41-19-8-9-25-45(41)47-27-11-12-28-48(47)54/h1-38H. The molecule has 280 valence electrons. The Morgan fingerprint density at radius 1 is 0.200 bits per heavy atom. The van der Waals surface area contributed by atoms with Gasteiger partial charge in [0, 0.05) is 32.9 Å². The van der Waals surface area contributed by atoms with Crippen LogP contribution in [0.25, 0.3) is 75.4 Å². The lowest BCUT2D eigenvalue weighted by Crippen LogP contribution is -2.12. The molecule has 0 radical (unpaired) electrons. The van der Waals surface area contributed by atoms with Crippen molar-refractivity contribution in [3.8, 4) is 0 Å². The van der Waals surface area contributed by atoms with Crippen molar-refractivity contribution >= 4 is 110 Å². The van der Waals surface area contributed by atoms with E-state index in [1.165, 1.54) is 75.4 Å². The molecule has 0 aliphatic rings. The Kier molecular flexibility index (Phi) is 7.89. The molecule has 0 unspecified atom stereocenters. The SMILES string of the molecule is c1ccc(N(c2cc3ccccc3c3ccccc23)c2cc3cc(N(c4ccccc4)c4cccc5ccc6ccccc6c45)c4ccccc4c3c3ccccc23)cc1. The summed E-state index contributed by atoms with van der Waals surface area (Å²) in [6, 6.07) is 84.5. The third-order valence-corrected chi connectivity index (χ3v) is 12.3. The van der Waals surface area contributed by atoms with E-state index in [1.807, 2.05) is 0 Å². The van der Waals surface area contributed by atoms with Gasteiger partial charge >= 0.3 is 0 Å². The maximum atomic E-state index is 2.48. The molecule has 0 bridgehead atoms. The van der Waals surface area contributed by atoms with Gasteiger partial charge in [0.05, 0.1) is 22.7 Å². The van der Waals surface area contributed by atoms with Crippen molar-refractivity contribution < 1.29 is 0 Å². The fourth-order valence-electron chi connectivity index (χ4n) is 9.73. The van der Waals surface area contributed by atoms with Crippen LogP contribution in [0.2, 0.25) is 0 Å². The second-order valence-corrected chi connectivity index (χ2v) is 15.6. The van der Waals surface area contributed by atoms with Gasteiger partial charge in [-0.05, 0) is 102 Å². The molecule has 12 aromatic rings. The molecule has 0 N–H and O–H groups in total. The molecule has 12 aromatic carbocycles. The van der Waals surface area contributed by atoms with Crippen LogP contribution in [0.4, 0.5) is 34.1 Å². The second kappa shape index (κ2) is 13.9. The molecule has 0 aromatic heterocycles. The van der Waals surface area contributed by atoms with Gasteiger partial charge in [0.25, 0.3) is 0 Å². The van der Waals surface area contributed by atoms with Crippen molar-refractivity contribution in [3.63, 3.8) is 0 Å². The van der Waals surface area contributed by atoms with E-state index in [0.717, 1.165) is 34.1 Å². The van der Waals surface area contributed by atoms with Crippen LogP contribution < -0.4 is 9.80 Å². The second-order valence-electron chi connectivity index (χ2n) is 15.6. The molecule has 0 saturated heterocycles. The van der Waals surface area contributed by atoms with Crippen LogP contribution in [-0.4, -0.2) is 0 Å². The summed E-state index contributed by atoms with van der Waals surface area (Å²) in [6.45, 7) is 0. The highest BCUT2D eigenvalue weighted by molar-refractivity contribution is 6.28. The van der Waals surface area contributed by atoms with Crippen molar-refractivity contribution in [2.24, 2.45) is 0 Å². The van der Waals surface area contributed by atoms with Crippen LogP contribution in [0.5, 0.6) is 0 Å². The summed E-state index contributed by atoms with van der Waals surface area (Å²) in [5.41, 5.74) is 6.78. The van der Waals surface area contributed by atoms with Gasteiger partial charge in [0.1, 0.15) is 0 Å². The van der Waals surface area contributed by atoms with Gasteiger partial charge in [-0.15, -0.1) is 0 Å². The molecular weight excluding hydrogens is 725 g/mol. The summed E-state index contributed by atoms with van der Waals surface area (Å²) in [5.74, 6) is 0. The smallest absolute Gasteiger partial charge is 0.0546 e. The minimum absolute atomic E-state index is 1.11. The van der Waals surface area contributed by atoms with Crippen LogP contribution in [0.15, 0.2) is 231 Å². The first kappa shape index (κ1) is 34.1. The highest BCUT2D eigenvalue weighted by Gasteiger charge is 2.24.